The van der Waals surface area contributed by atoms with Gasteiger partial charge in [0.25, 0.3) is 0 Å². The average molecular weight is 303 g/mol. The Balaban J connectivity index is 2.36. The second-order valence-electron chi connectivity index (χ2n) is 4.49. The predicted molar refractivity (Wildman–Crippen MR) is 78.8 cm³/mol. The molecule has 0 aliphatic heterocycles. The normalized spacial score (nSPS) is 11.6. The van der Waals surface area contributed by atoms with Crippen molar-refractivity contribution in [2.45, 2.75) is 6.04 Å². The number of nitrogens with zero attached hydrogens (tertiary/aromatic N) is 1. The summed E-state index contributed by atoms with van der Waals surface area (Å²) in [4.78, 5) is 23.5. The lowest BCUT2D eigenvalue weighted by atomic mass is 9.98. The van der Waals surface area contributed by atoms with Crippen molar-refractivity contribution in [3.63, 3.8) is 0 Å². The minimum Gasteiger partial charge on any atom is -0.493 e. The van der Waals surface area contributed by atoms with Crippen molar-refractivity contribution in [2.75, 3.05) is 14.2 Å². The molecular weight excluding hydrogens is 289 g/mol. The SMILES string of the molecule is COc1ccc(C(=O)C(N=O)c2ccc(F)cc2)cc1OC. The average Bonchev–Trinajstić information content (AvgIpc) is 2.56. The van der Waals surface area contributed by atoms with E-state index in [0.717, 1.165) is 0 Å². The summed E-state index contributed by atoms with van der Waals surface area (Å²) < 4.78 is 23.2. The third-order valence-corrected chi connectivity index (χ3v) is 3.21. The third-order valence-electron chi connectivity index (χ3n) is 3.21. The van der Waals surface area contributed by atoms with E-state index in [1.807, 2.05) is 0 Å². The fraction of sp³-hybridized carbons (Fsp3) is 0.188. The number of carbonyl (C=O) groups excluding carboxylic acids is 1. The number of ketones is 1. The minimum atomic E-state index is -1.24. The van der Waals surface area contributed by atoms with E-state index >= 15 is 0 Å². The number of methoxy groups -OCH3 is 2. The molecule has 1 unspecified atom stereocenters. The number of benzene rings is 2. The molecule has 0 amide bonds. The van der Waals surface area contributed by atoms with Crippen LogP contribution in [0.3, 0.4) is 0 Å². The fourth-order valence-electron chi connectivity index (χ4n) is 2.05. The summed E-state index contributed by atoms with van der Waals surface area (Å²) >= 11 is 0. The molecule has 0 spiro atoms. The van der Waals surface area contributed by atoms with Crippen molar-refractivity contribution in [3.05, 3.63) is 64.3 Å². The van der Waals surface area contributed by atoms with Crippen LogP contribution in [0.4, 0.5) is 4.39 Å². The maximum atomic E-state index is 12.9. The first-order valence-corrected chi connectivity index (χ1v) is 6.45. The zero-order valence-electron chi connectivity index (χ0n) is 12.1. The van der Waals surface area contributed by atoms with Crippen LogP contribution in [0.2, 0.25) is 0 Å². The van der Waals surface area contributed by atoms with Crippen molar-refractivity contribution >= 4 is 5.78 Å². The first-order valence-electron chi connectivity index (χ1n) is 6.45. The largest absolute Gasteiger partial charge is 0.493 e. The number of halogens is 1. The van der Waals surface area contributed by atoms with Crippen molar-refractivity contribution in [3.8, 4) is 11.5 Å². The maximum absolute atomic E-state index is 12.9. The molecule has 0 fully saturated rings. The molecule has 0 heterocycles. The molecule has 2 aromatic rings. The van der Waals surface area contributed by atoms with E-state index in [4.69, 9.17) is 9.47 Å². The van der Waals surface area contributed by atoms with Gasteiger partial charge in [0.15, 0.2) is 23.3 Å². The van der Waals surface area contributed by atoms with Crippen molar-refractivity contribution in [1.82, 2.24) is 0 Å². The lowest BCUT2D eigenvalue weighted by molar-refractivity contribution is 0.0961. The summed E-state index contributed by atoms with van der Waals surface area (Å²) in [6.45, 7) is 0. The molecule has 22 heavy (non-hydrogen) atoms. The fourth-order valence-corrected chi connectivity index (χ4v) is 2.05. The van der Waals surface area contributed by atoms with E-state index in [-0.39, 0.29) is 5.56 Å². The van der Waals surface area contributed by atoms with E-state index in [0.29, 0.717) is 17.1 Å². The van der Waals surface area contributed by atoms with Crippen LogP contribution in [-0.4, -0.2) is 20.0 Å². The Morgan fingerprint density at radius 3 is 2.23 bits per heavy atom. The molecule has 0 saturated heterocycles. The van der Waals surface area contributed by atoms with Gasteiger partial charge in [-0.15, -0.1) is 4.91 Å². The number of carbonyl (C=O) groups is 1. The van der Waals surface area contributed by atoms with Crippen LogP contribution < -0.4 is 9.47 Å². The van der Waals surface area contributed by atoms with E-state index < -0.39 is 17.6 Å². The van der Waals surface area contributed by atoms with Gasteiger partial charge >= 0.3 is 0 Å². The molecule has 2 aromatic carbocycles. The van der Waals surface area contributed by atoms with Gasteiger partial charge in [-0.1, -0.05) is 17.3 Å². The highest BCUT2D eigenvalue weighted by molar-refractivity contribution is 6.01. The predicted octanol–water partition coefficient (Wildman–Crippen LogP) is 3.53. The molecule has 2 rings (SSSR count). The standard InChI is InChI=1S/C16H14FNO4/c1-21-13-8-5-11(9-14(13)22-2)16(19)15(18-20)10-3-6-12(17)7-4-10/h3-9,15H,1-2H3. The summed E-state index contributed by atoms with van der Waals surface area (Å²) in [5, 5.41) is 2.87. The zero-order chi connectivity index (χ0) is 16.1. The van der Waals surface area contributed by atoms with Crippen molar-refractivity contribution in [1.29, 1.82) is 0 Å². The van der Waals surface area contributed by atoms with Gasteiger partial charge in [0, 0.05) is 5.56 Å². The Labute approximate surface area is 126 Å². The van der Waals surface area contributed by atoms with Crippen LogP contribution in [0, 0.1) is 10.7 Å². The number of hydrogen-bond acceptors (Lipinski definition) is 5. The Hall–Kier alpha value is -2.76. The van der Waals surface area contributed by atoms with Gasteiger partial charge in [-0.05, 0) is 35.9 Å². The lowest BCUT2D eigenvalue weighted by Gasteiger charge is -2.12. The smallest absolute Gasteiger partial charge is 0.195 e. The van der Waals surface area contributed by atoms with Crippen molar-refractivity contribution in [2.24, 2.45) is 5.18 Å². The highest BCUT2D eigenvalue weighted by Crippen LogP contribution is 2.30. The summed E-state index contributed by atoms with van der Waals surface area (Å²) in [6.07, 6.45) is 0. The summed E-state index contributed by atoms with van der Waals surface area (Å²) in [5.74, 6) is -0.108. The Kier molecular flexibility index (Phi) is 4.83. The number of hydrogen-bond donors (Lipinski definition) is 0. The first kappa shape index (κ1) is 15.6. The summed E-state index contributed by atoms with van der Waals surface area (Å²) in [5.41, 5.74) is 0.586. The van der Waals surface area contributed by atoms with Crippen LogP contribution in [0.15, 0.2) is 47.6 Å². The molecule has 1 atom stereocenters. The summed E-state index contributed by atoms with van der Waals surface area (Å²) in [7, 11) is 2.93. The van der Waals surface area contributed by atoms with Crippen LogP contribution in [0.5, 0.6) is 11.5 Å². The molecule has 0 saturated carbocycles. The van der Waals surface area contributed by atoms with Gasteiger partial charge in [0.1, 0.15) is 5.82 Å². The van der Waals surface area contributed by atoms with Gasteiger partial charge in [-0.3, -0.25) is 4.79 Å². The molecule has 0 N–H and O–H groups in total. The molecule has 0 aliphatic carbocycles. The van der Waals surface area contributed by atoms with Gasteiger partial charge in [-0.25, -0.2) is 4.39 Å². The highest BCUT2D eigenvalue weighted by Gasteiger charge is 2.24. The zero-order valence-corrected chi connectivity index (χ0v) is 12.1. The Morgan fingerprint density at radius 2 is 1.68 bits per heavy atom. The third kappa shape index (κ3) is 3.11. The van der Waals surface area contributed by atoms with E-state index in [1.54, 1.807) is 6.07 Å². The molecule has 6 heteroatoms. The van der Waals surface area contributed by atoms with Crippen LogP contribution in [0.1, 0.15) is 22.0 Å². The van der Waals surface area contributed by atoms with E-state index in [9.17, 15) is 14.1 Å². The van der Waals surface area contributed by atoms with Crippen molar-refractivity contribution < 1.29 is 18.7 Å². The second-order valence-corrected chi connectivity index (χ2v) is 4.49. The monoisotopic (exact) mass is 303 g/mol. The molecular formula is C16H14FNO4. The number of Topliss-reactive ketones (excluding diaryl/α,β-unsaturated/α-hetero) is 1. The van der Waals surface area contributed by atoms with E-state index in [1.165, 1.54) is 50.6 Å². The highest BCUT2D eigenvalue weighted by atomic mass is 19.1. The topological polar surface area (TPSA) is 65.0 Å². The van der Waals surface area contributed by atoms with Gasteiger partial charge in [-0.2, -0.15) is 0 Å². The molecule has 0 bridgehead atoms. The van der Waals surface area contributed by atoms with Crippen LogP contribution in [0.25, 0.3) is 0 Å². The van der Waals surface area contributed by atoms with Gasteiger partial charge in [0.2, 0.25) is 0 Å². The number of ether oxygens (including phenoxy) is 2. The number of rotatable bonds is 6. The molecule has 0 aliphatic rings. The Bertz CT molecular complexity index is 685. The lowest BCUT2D eigenvalue weighted by Crippen LogP contribution is -2.11. The molecule has 0 radical (unpaired) electrons. The second kappa shape index (κ2) is 6.80. The quantitative estimate of drug-likeness (QED) is 0.605. The minimum absolute atomic E-state index is 0.256. The summed E-state index contributed by atoms with van der Waals surface area (Å²) in [6, 6.07) is 8.40. The maximum Gasteiger partial charge on any atom is 0.195 e. The van der Waals surface area contributed by atoms with Crippen LogP contribution >= 0.6 is 0 Å². The first-order chi connectivity index (χ1) is 10.6. The molecule has 114 valence electrons. The molecule has 5 nitrogen and oxygen atoms in total. The van der Waals surface area contributed by atoms with Crippen LogP contribution in [-0.2, 0) is 0 Å². The number of nitroso groups, excluding NO2 is 1. The Morgan fingerprint density at radius 1 is 1.05 bits per heavy atom. The molecule has 0 aromatic heterocycles. The van der Waals surface area contributed by atoms with Gasteiger partial charge in [0.05, 0.1) is 14.2 Å². The van der Waals surface area contributed by atoms with Gasteiger partial charge < -0.3 is 9.47 Å². The van der Waals surface area contributed by atoms with E-state index in [2.05, 4.69) is 5.18 Å².